The molecule has 4 heteroatoms. The highest BCUT2D eigenvalue weighted by Gasteiger charge is 2.33. The van der Waals surface area contributed by atoms with Gasteiger partial charge in [0.2, 0.25) is 0 Å². The normalized spacial score (nSPS) is 15.9. The molecule has 0 radical (unpaired) electrons. The first kappa shape index (κ1) is 12.8. The van der Waals surface area contributed by atoms with Gasteiger partial charge in [-0.2, -0.15) is 5.26 Å². The van der Waals surface area contributed by atoms with E-state index in [4.69, 9.17) is 5.26 Å². The Morgan fingerprint density at radius 3 is 2.72 bits per heavy atom. The fraction of sp³-hybridized carbons (Fsp3) is 0.643. The Balaban J connectivity index is 2.01. The fourth-order valence-corrected chi connectivity index (χ4v) is 2.37. The van der Waals surface area contributed by atoms with Crippen molar-refractivity contribution >= 4 is 5.82 Å². The Hall–Kier alpha value is -1.63. The SMILES string of the molecule is Cc1nc(C#N)cc(NCC(C)(C)C2CCC2)n1. The van der Waals surface area contributed by atoms with E-state index in [-0.39, 0.29) is 5.41 Å². The van der Waals surface area contributed by atoms with Gasteiger partial charge in [-0.1, -0.05) is 20.3 Å². The summed E-state index contributed by atoms with van der Waals surface area (Å²) in [6.45, 7) is 7.29. The lowest BCUT2D eigenvalue weighted by molar-refractivity contribution is 0.134. The zero-order valence-corrected chi connectivity index (χ0v) is 11.3. The van der Waals surface area contributed by atoms with Gasteiger partial charge in [0.05, 0.1) is 0 Å². The number of rotatable bonds is 4. The zero-order valence-electron chi connectivity index (χ0n) is 11.3. The molecule has 1 N–H and O–H groups in total. The summed E-state index contributed by atoms with van der Waals surface area (Å²) in [7, 11) is 0. The minimum Gasteiger partial charge on any atom is -0.369 e. The molecule has 0 bridgehead atoms. The molecule has 18 heavy (non-hydrogen) atoms. The van der Waals surface area contributed by atoms with Crippen LogP contribution in [0.2, 0.25) is 0 Å². The molecular formula is C14H20N4. The van der Waals surface area contributed by atoms with Crippen LogP contribution in [0.15, 0.2) is 6.07 Å². The van der Waals surface area contributed by atoms with Gasteiger partial charge in [-0.25, -0.2) is 9.97 Å². The molecule has 0 atom stereocenters. The van der Waals surface area contributed by atoms with Crippen LogP contribution in [0.5, 0.6) is 0 Å². The highest BCUT2D eigenvalue weighted by atomic mass is 15.0. The minimum atomic E-state index is 0.282. The van der Waals surface area contributed by atoms with Crippen molar-refractivity contribution in [3.05, 3.63) is 17.6 Å². The number of aryl methyl sites for hydroxylation is 1. The molecule has 0 unspecified atom stereocenters. The number of hydrogen-bond acceptors (Lipinski definition) is 4. The van der Waals surface area contributed by atoms with Gasteiger partial charge in [-0.05, 0) is 31.1 Å². The number of hydrogen-bond donors (Lipinski definition) is 1. The van der Waals surface area contributed by atoms with Crippen molar-refractivity contribution in [2.45, 2.75) is 40.0 Å². The Kier molecular flexibility index (Phi) is 3.51. The lowest BCUT2D eigenvalue weighted by atomic mass is 9.67. The number of nitriles is 1. The Labute approximate surface area is 108 Å². The van der Waals surface area contributed by atoms with Crippen LogP contribution in [0.3, 0.4) is 0 Å². The van der Waals surface area contributed by atoms with Crippen LogP contribution in [0.25, 0.3) is 0 Å². The predicted molar refractivity (Wildman–Crippen MR) is 71.1 cm³/mol. The topological polar surface area (TPSA) is 61.6 Å². The van der Waals surface area contributed by atoms with E-state index in [0.29, 0.717) is 11.5 Å². The summed E-state index contributed by atoms with van der Waals surface area (Å²) < 4.78 is 0. The first-order valence-corrected chi connectivity index (χ1v) is 6.51. The van der Waals surface area contributed by atoms with Crippen molar-refractivity contribution in [3.63, 3.8) is 0 Å². The predicted octanol–water partition coefficient (Wildman–Crippen LogP) is 2.89. The third-order valence-corrected chi connectivity index (χ3v) is 3.89. The summed E-state index contributed by atoms with van der Waals surface area (Å²) in [5.74, 6) is 2.20. The summed E-state index contributed by atoms with van der Waals surface area (Å²) in [5, 5.41) is 12.2. The van der Waals surface area contributed by atoms with Gasteiger partial charge >= 0.3 is 0 Å². The Bertz CT molecular complexity index is 469. The number of aromatic nitrogens is 2. The lowest BCUT2D eigenvalue weighted by Crippen LogP contribution is -2.35. The van der Waals surface area contributed by atoms with Crippen molar-refractivity contribution in [2.24, 2.45) is 11.3 Å². The van der Waals surface area contributed by atoms with Crippen molar-refractivity contribution < 1.29 is 0 Å². The molecule has 2 rings (SSSR count). The molecule has 0 aromatic carbocycles. The molecule has 1 fully saturated rings. The highest BCUT2D eigenvalue weighted by molar-refractivity contribution is 5.40. The largest absolute Gasteiger partial charge is 0.369 e. The number of nitrogens with zero attached hydrogens (tertiary/aromatic N) is 3. The summed E-state index contributed by atoms with van der Waals surface area (Å²) in [5.41, 5.74) is 0.704. The molecular weight excluding hydrogens is 224 g/mol. The zero-order chi connectivity index (χ0) is 13.2. The smallest absolute Gasteiger partial charge is 0.146 e. The van der Waals surface area contributed by atoms with Crippen LogP contribution in [0.1, 0.15) is 44.6 Å². The third-order valence-electron chi connectivity index (χ3n) is 3.89. The van der Waals surface area contributed by atoms with Crippen molar-refractivity contribution in [2.75, 3.05) is 11.9 Å². The maximum Gasteiger partial charge on any atom is 0.146 e. The molecule has 96 valence electrons. The van der Waals surface area contributed by atoms with Crippen LogP contribution in [0.4, 0.5) is 5.82 Å². The summed E-state index contributed by atoms with van der Waals surface area (Å²) >= 11 is 0. The number of anilines is 1. The van der Waals surface area contributed by atoms with Crippen LogP contribution in [-0.4, -0.2) is 16.5 Å². The highest BCUT2D eigenvalue weighted by Crippen LogP contribution is 2.41. The second kappa shape index (κ2) is 4.93. The van der Waals surface area contributed by atoms with Crippen molar-refractivity contribution in [1.82, 2.24) is 9.97 Å². The molecule has 1 aromatic heterocycles. The van der Waals surface area contributed by atoms with E-state index in [1.165, 1.54) is 19.3 Å². The van der Waals surface area contributed by atoms with E-state index in [2.05, 4.69) is 35.2 Å². The summed E-state index contributed by atoms with van der Waals surface area (Å²) in [4.78, 5) is 8.36. The second-order valence-corrected chi connectivity index (χ2v) is 5.77. The van der Waals surface area contributed by atoms with Crippen LogP contribution in [-0.2, 0) is 0 Å². The number of nitrogens with one attached hydrogen (secondary N) is 1. The molecule has 1 heterocycles. The molecule has 0 amide bonds. The fourth-order valence-electron chi connectivity index (χ4n) is 2.37. The molecule has 1 aliphatic carbocycles. The van der Waals surface area contributed by atoms with E-state index in [1.54, 1.807) is 6.07 Å². The molecule has 1 saturated carbocycles. The maximum atomic E-state index is 8.88. The van der Waals surface area contributed by atoms with Crippen LogP contribution >= 0.6 is 0 Å². The lowest BCUT2D eigenvalue weighted by Gasteiger charge is -2.40. The third kappa shape index (κ3) is 2.79. The van der Waals surface area contributed by atoms with Crippen LogP contribution in [0, 0.1) is 29.6 Å². The van der Waals surface area contributed by atoms with E-state index in [1.807, 2.05) is 6.92 Å². The van der Waals surface area contributed by atoms with E-state index in [0.717, 1.165) is 18.3 Å². The van der Waals surface area contributed by atoms with Gasteiger partial charge in [0, 0.05) is 12.6 Å². The average Bonchev–Trinajstić information content (AvgIpc) is 2.22. The van der Waals surface area contributed by atoms with Gasteiger partial charge in [-0.15, -0.1) is 0 Å². The molecule has 0 saturated heterocycles. The quantitative estimate of drug-likeness (QED) is 0.884. The molecule has 0 spiro atoms. The van der Waals surface area contributed by atoms with E-state index >= 15 is 0 Å². The minimum absolute atomic E-state index is 0.282. The first-order chi connectivity index (χ1) is 8.51. The molecule has 1 aliphatic rings. The average molecular weight is 244 g/mol. The first-order valence-electron chi connectivity index (χ1n) is 6.51. The van der Waals surface area contributed by atoms with E-state index in [9.17, 15) is 0 Å². The molecule has 4 nitrogen and oxygen atoms in total. The van der Waals surface area contributed by atoms with Gasteiger partial charge in [0.15, 0.2) is 0 Å². The summed E-state index contributed by atoms with van der Waals surface area (Å²) in [6, 6.07) is 3.77. The Morgan fingerprint density at radius 2 is 2.17 bits per heavy atom. The Morgan fingerprint density at radius 1 is 1.44 bits per heavy atom. The standard InChI is InChI=1S/C14H20N4/c1-10-17-12(8-15)7-13(18-10)16-9-14(2,3)11-5-4-6-11/h7,11H,4-6,9H2,1-3H3,(H,16,17,18). The molecule has 0 aliphatic heterocycles. The summed E-state index contributed by atoms with van der Waals surface area (Å²) in [6.07, 6.45) is 4.03. The van der Waals surface area contributed by atoms with Gasteiger partial charge in [0.1, 0.15) is 23.4 Å². The second-order valence-electron chi connectivity index (χ2n) is 5.77. The molecule has 1 aromatic rings. The maximum absolute atomic E-state index is 8.88. The van der Waals surface area contributed by atoms with Gasteiger partial charge < -0.3 is 5.32 Å². The monoisotopic (exact) mass is 244 g/mol. The van der Waals surface area contributed by atoms with Crippen molar-refractivity contribution in [3.8, 4) is 6.07 Å². The van der Waals surface area contributed by atoms with Gasteiger partial charge in [-0.3, -0.25) is 0 Å². The van der Waals surface area contributed by atoms with E-state index < -0.39 is 0 Å². The van der Waals surface area contributed by atoms with Crippen LogP contribution < -0.4 is 5.32 Å². The van der Waals surface area contributed by atoms with Gasteiger partial charge in [0.25, 0.3) is 0 Å². The van der Waals surface area contributed by atoms with Crippen molar-refractivity contribution in [1.29, 1.82) is 5.26 Å².